The molecular formula is C12H18BrN3O2. The molecule has 100 valence electrons. The summed E-state index contributed by atoms with van der Waals surface area (Å²) in [4.78, 5) is 11.7. The number of hydrazine groups is 1. The van der Waals surface area contributed by atoms with Gasteiger partial charge < -0.3 is 4.74 Å². The third kappa shape index (κ3) is 5.03. The predicted octanol–water partition coefficient (Wildman–Crippen LogP) is 2.76. The Hall–Kier alpha value is -1.11. The van der Waals surface area contributed by atoms with Crippen molar-refractivity contribution in [2.75, 3.05) is 5.32 Å². The summed E-state index contributed by atoms with van der Waals surface area (Å²) in [6, 6.07) is 5.56. The maximum absolute atomic E-state index is 11.7. The van der Waals surface area contributed by atoms with Gasteiger partial charge in [0.15, 0.2) is 0 Å². The zero-order chi connectivity index (χ0) is 13.8. The molecule has 0 atom stereocenters. The highest BCUT2D eigenvalue weighted by Gasteiger charge is 2.17. The molecule has 6 heteroatoms. The third-order valence-corrected chi connectivity index (χ3v) is 2.49. The van der Waals surface area contributed by atoms with Crippen molar-refractivity contribution < 1.29 is 9.53 Å². The highest BCUT2D eigenvalue weighted by molar-refractivity contribution is 9.10. The Balaban J connectivity index is 2.82. The van der Waals surface area contributed by atoms with E-state index in [9.17, 15) is 4.79 Å². The number of ether oxygens (including phenoxy) is 1. The molecule has 0 spiro atoms. The van der Waals surface area contributed by atoms with Crippen molar-refractivity contribution >= 4 is 27.7 Å². The van der Waals surface area contributed by atoms with Gasteiger partial charge in [0, 0.05) is 16.7 Å². The first-order valence-electron chi connectivity index (χ1n) is 5.54. The molecule has 1 aromatic rings. The molecule has 0 aliphatic rings. The van der Waals surface area contributed by atoms with E-state index in [4.69, 9.17) is 10.6 Å². The number of amides is 1. The van der Waals surface area contributed by atoms with Gasteiger partial charge in [0.2, 0.25) is 0 Å². The number of nitrogens with one attached hydrogen (secondary N) is 2. The minimum atomic E-state index is -0.525. The molecule has 18 heavy (non-hydrogen) atoms. The van der Waals surface area contributed by atoms with Crippen LogP contribution < -0.4 is 16.6 Å². The van der Waals surface area contributed by atoms with Crippen molar-refractivity contribution in [1.82, 2.24) is 5.43 Å². The number of hydrogen-bond acceptors (Lipinski definition) is 4. The van der Waals surface area contributed by atoms with E-state index >= 15 is 0 Å². The number of nitrogens with two attached hydrogens (primary N) is 1. The second-order valence-corrected chi connectivity index (χ2v) is 5.72. The molecule has 0 fully saturated rings. The van der Waals surface area contributed by atoms with E-state index in [1.165, 1.54) is 0 Å². The van der Waals surface area contributed by atoms with Crippen molar-refractivity contribution in [3.8, 4) is 0 Å². The normalized spacial score (nSPS) is 11.2. The molecular weight excluding hydrogens is 298 g/mol. The number of anilines is 1. The molecule has 1 amide bonds. The van der Waals surface area contributed by atoms with Crippen molar-refractivity contribution in [2.45, 2.75) is 32.9 Å². The average molecular weight is 316 g/mol. The first-order valence-corrected chi connectivity index (χ1v) is 6.33. The molecule has 0 bridgehead atoms. The number of halogens is 1. The molecule has 0 aliphatic carbocycles. The van der Waals surface area contributed by atoms with Gasteiger partial charge in [0.05, 0.1) is 0 Å². The minimum absolute atomic E-state index is 0.457. The second-order valence-electron chi connectivity index (χ2n) is 4.81. The highest BCUT2D eigenvalue weighted by Crippen LogP contribution is 2.22. The van der Waals surface area contributed by atoms with Gasteiger partial charge in [-0.25, -0.2) is 4.79 Å². The Morgan fingerprint density at radius 3 is 2.67 bits per heavy atom. The van der Waals surface area contributed by atoms with E-state index in [1.54, 1.807) is 6.07 Å². The highest BCUT2D eigenvalue weighted by atomic mass is 79.9. The van der Waals surface area contributed by atoms with Crippen LogP contribution in [0, 0.1) is 0 Å². The van der Waals surface area contributed by atoms with E-state index in [1.807, 2.05) is 32.9 Å². The van der Waals surface area contributed by atoms with Crippen LogP contribution in [-0.4, -0.2) is 11.7 Å². The third-order valence-electron chi connectivity index (χ3n) is 2.00. The maximum atomic E-state index is 11.7. The van der Waals surface area contributed by atoms with E-state index in [0.717, 1.165) is 10.0 Å². The molecule has 0 unspecified atom stereocenters. The SMILES string of the molecule is CC(C)(C)OC(=O)Nc1cc(Br)ccc1CNN. The fourth-order valence-electron chi connectivity index (χ4n) is 1.34. The van der Waals surface area contributed by atoms with E-state index < -0.39 is 11.7 Å². The Labute approximate surface area is 115 Å². The topological polar surface area (TPSA) is 76.4 Å². The van der Waals surface area contributed by atoms with Gasteiger partial charge in [-0.05, 0) is 38.5 Å². The summed E-state index contributed by atoms with van der Waals surface area (Å²) >= 11 is 3.35. The molecule has 0 saturated carbocycles. The summed E-state index contributed by atoms with van der Waals surface area (Å²) in [7, 11) is 0. The van der Waals surface area contributed by atoms with Gasteiger partial charge in [0.25, 0.3) is 0 Å². The fourth-order valence-corrected chi connectivity index (χ4v) is 1.70. The first kappa shape index (κ1) is 14.9. The molecule has 0 saturated heterocycles. The Morgan fingerprint density at radius 2 is 2.11 bits per heavy atom. The van der Waals surface area contributed by atoms with Gasteiger partial charge in [-0.1, -0.05) is 22.0 Å². The summed E-state index contributed by atoms with van der Waals surface area (Å²) in [6.07, 6.45) is -0.487. The molecule has 0 radical (unpaired) electrons. The number of carbonyl (C=O) groups is 1. The van der Waals surface area contributed by atoms with Gasteiger partial charge in [0.1, 0.15) is 5.60 Å². The van der Waals surface area contributed by atoms with Crippen molar-refractivity contribution in [3.63, 3.8) is 0 Å². The van der Waals surface area contributed by atoms with Crippen LogP contribution in [0.3, 0.4) is 0 Å². The fraction of sp³-hybridized carbons (Fsp3) is 0.417. The Morgan fingerprint density at radius 1 is 1.44 bits per heavy atom. The number of rotatable bonds is 3. The Kier molecular flexibility index (Phi) is 5.13. The molecule has 1 rings (SSSR count). The predicted molar refractivity (Wildman–Crippen MR) is 75.0 cm³/mol. The van der Waals surface area contributed by atoms with Crippen LogP contribution in [0.4, 0.5) is 10.5 Å². The number of carbonyl (C=O) groups excluding carboxylic acids is 1. The number of benzene rings is 1. The van der Waals surface area contributed by atoms with Crippen LogP contribution in [0.5, 0.6) is 0 Å². The molecule has 0 aliphatic heterocycles. The lowest BCUT2D eigenvalue weighted by atomic mass is 10.2. The van der Waals surface area contributed by atoms with Crippen LogP contribution in [0.1, 0.15) is 26.3 Å². The lowest BCUT2D eigenvalue weighted by Gasteiger charge is -2.20. The van der Waals surface area contributed by atoms with Crippen LogP contribution in [0.25, 0.3) is 0 Å². The zero-order valence-corrected chi connectivity index (χ0v) is 12.3. The maximum Gasteiger partial charge on any atom is 0.412 e. The summed E-state index contributed by atoms with van der Waals surface area (Å²) in [5, 5.41) is 2.71. The minimum Gasteiger partial charge on any atom is -0.444 e. The van der Waals surface area contributed by atoms with Gasteiger partial charge in [-0.3, -0.25) is 16.6 Å². The summed E-state index contributed by atoms with van der Waals surface area (Å²) in [5.41, 5.74) is 3.58. The van der Waals surface area contributed by atoms with Crippen molar-refractivity contribution in [2.24, 2.45) is 5.84 Å². The number of hydrogen-bond donors (Lipinski definition) is 3. The van der Waals surface area contributed by atoms with Crippen molar-refractivity contribution in [3.05, 3.63) is 28.2 Å². The second kappa shape index (κ2) is 6.17. The first-order chi connectivity index (χ1) is 8.31. The van der Waals surface area contributed by atoms with Crippen LogP contribution >= 0.6 is 15.9 Å². The van der Waals surface area contributed by atoms with Crippen LogP contribution in [-0.2, 0) is 11.3 Å². The van der Waals surface area contributed by atoms with Gasteiger partial charge in [-0.15, -0.1) is 0 Å². The van der Waals surface area contributed by atoms with E-state index in [-0.39, 0.29) is 0 Å². The Bertz CT molecular complexity index is 430. The van der Waals surface area contributed by atoms with Gasteiger partial charge >= 0.3 is 6.09 Å². The quantitative estimate of drug-likeness (QED) is 0.592. The standard InChI is InChI=1S/C12H18BrN3O2/c1-12(2,3)18-11(17)16-10-6-9(13)5-4-8(10)7-15-14/h4-6,15H,7,14H2,1-3H3,(H,16,17). The van der Waals surface area contributed by atoms with Gasteiger partial charge in [-0.2, -0.15) is 0 Å². The summed E-state index contributed by atoms with van der Waals surface area (Å²) in [5.74, 6) is 5.29. The van der Waals surface area contributed by atoms with Crippen LogP contribution in [0.2, 0.25) is 0 Å². The van der Waals surface area contributed by atoms with E-state index in [0.29, 0.717) is 12.2 Å². The van der Waals surface area contributed by atoms with Crippen LogP contribution in [0.15, 0.2) is 22.7 Å². The monoisotopic (exact) mass is 315 g/mol. The van der Waals surface area contributed by atoms with E-state index in [2.05, 4.69) is 26.7 Å². The lowest BCUT2D eigenvalue weighted by molar-refractivity contribution is 0.0636. The largest absolute Gasteiger partial charge is 0.444 e. The molecule has 4 N–H and O–H groups in total. The molecule has 0 aromatic heterocycles. The molecule has 0 heterocycles. The molecule has 5 nitrogen and oxygen atoms in total. The zero-order valence-electron chi connectivity index (χ0n) is 10.7. The smallest absolute Gasteiger partial charge is 0.412 e. The van der Waals surface area contributed by atoms with Crippen molar-refractivity contribution in [1.29, 1.82) is 0 Å². The molecule has 1 aromatic carbocycles. The summed E-state index contributed by atoms with van der Waals surface area (Å²) in [6.45, 7) is 5.90. The average Bonchev–Trinajstić information content (AvgIpc) is 2.19. The lowest BCUT2D eigenvalue weighted by Crippen LogP contribution is -2.28. The summed E-state index contributed by atoms with van der Waals surface area (Å²) < 4.78 is 6.07.